The molecule has 0 bridgehead atoms. The Hall–Kier alpha value is -1.38. The third-order valence-electron chi connectivity index (χ3n) is 11.4. The van der Waals surface area contributed by atoms with E-state index < -0.39 is 5.97 Å². The third-order valence-corrected chi connectivity index (χ3v) is 11.4. The number of allylic oxidation sites excluding steroid dienone is 4. The zero-order valence-corrected chi connectivity index (χ0v) is 22.1. The zero-order valence-electron chi connectivity index (χ0n) is 22.1. The molecule has 3 heteroatoms. The maximum Gasteiger partial charge on any atom is 0.306 e. The van der Waals surface area contributed by atoms with E-state index >= 15 is 0 Å². The van der Waals surface area contributed by atoms with Gasteiger partial charge in [-0.25, -0.2) is 0 Å². The fourth-order valence-corrected chi connectivity index (χ4v) is 9.22. The van der Waals surface area contributed by atoms with Gasteiger partial charge in [0.1, 0.15) is 5.78 Å². The molecule has 0 amide bonds. The van der Waals surface area contributed by atoms with E-state index in [2.05, 4.69) is 54.5 Å². The molecule has 2 saturated carbocycles. The Balaban J connectivity index is 1.70. The molecular formula is C30H46O3. The summed E-state index contributed by atoms with van der Waals surface area (Å²) in [7, 11) is 0. The van der Waals surface area contributed by atoms with Crippen LogP contribution in [-0.2, 0) is 9.59 Å². The molecule has 184 valence electrons. The average Bonchev–Trinajstić information content (AvgIpc) is 3.00. The Bertz CT molecular complexity index is 904. The van der Waals surface area contributed by atoms with Crippen molar-refractivity contribution < 1.29 is 14.7 Å². The first-order valence-corrected chi connectivity index (χ1v) is 13.4. The number of carbonyl (C=O) groups is 2. The monoisotopic (exact) mass is 454 g/mol. The summed E-state index contributed by atoms with van der Waals surface area (Å²) in [5, 5.41) is 10.2. The van der Waals surface area contributed by atoms with Crippen LogP contribution < -0.4 is 0 Å². The van der Waals surface area contributed by atoms with Crippen LogP contribution in [0.25, 0.3) is 0 Å². The summed E-state index contributed by atoms with van der Waals surface area (Å²) >= 11 is 0. The highest BCUT2D eigenvalue weighted by atomic mass is 16.4. The van der Waals surface area contributed by atoms with Crippen molar-refractivity contribution in [3.05, 3.63) is 22.8 Å². The smallest absolute Gasteiger partial charge is 0.306 e. The van der Waals surface area contributed by atoms with Crippen LogP contribution in [0.1, 0.15) is 113 Å². The van der Waals surface area contributed by atoms with Crippen molar-refractivity contribution >= 4 is 11.8 Å². The fourth-order valence-electron chi connectivity index (χ4n) is 9.22. The quantitative estimate of drug-likeness (QED) is 0.432. The second kappa shape index (κ2) is 8.09. The molecule has 0 radical (unpaired) electrons. The highest BCUT2D eigenvalue weighted by molar-refractivity contribution is 5.85. The van der Waals surface area contributed by atoms with E-state index in [1.807, 2.05) is 0 Å². The van der Waals surface area contributed by atoms with Crippen molar-refractivity contribution in [1.82, 2.24) is 0 Å². The molecule has 4 rings (SSSR count). The number of fused-ring (bicyclic) bond motifs is 4. The summed E-state index contributed by atoms with van der Waals surface area (Å²) in [6.07, 6.45) is 12.0. The Morgan fingerprint density at radius 3 is 2.33 bits per heavy atom. The molecule has 0 aliphatic heterocycles. The minimum absolute atomic E-state index is 0.0447. The minimum Gasteiger partial charge on any atom is -0.481 e. The molecule has 1 unspecified atom stereocenters. The molecule has 3 nitrogen and oxygen atoms in total. The second-order valence-corrected chi connectivity index (χ2v) is 13.3. The van der Waals surface area contributed by atoms with Crippen molar-refractivity contribution in [1.29, 1.82) is 0 Å². The van der Waals surface area contributed by atoms with Gasteiger partial charge in [0.15, 0.2) is 0 Å². The van der Waals surface area contributed by atoms with E-state index in [0.29, 0.717) is 18.1 Å². The van der Waals surface area contributed by atoms with Crippen molar-refractivity contribution in [2.45, 2.75) is 113 Å². The standard InChI is InChI=1S/C30H46O3/c1-19(2)9-8-10-20(26(32)33)21-13-17-30(7)23-11-12-24-27(3,4)25(31)15-16-28(24,5)22(23)14-18-29(21,30)6/h9,20-21,24H,8,10-18H2,1-7H3,(H,32,33)/t20-,21?,24+,28+,29-,30+/m0/s1. The van der Waals surface area contributed by atoms with Crippen LogP contribution in [0.3, 0.4) is 0 Å². The van der Waals surface area contributed by atoms with Gasteiger partial charge in [-0.15, -0.1) is 0 Å². The molecule has 33 heavy (non-hydrogen) atoms. The van der Waals surface area contributed by atoms with Gasteiger partial charge in [-0.1, -0.05) is 57.4 Å². The predicted molar refractivity (Wildman–Crippen MR) is 134 cm³/mol. The third kappa shape index (κ3) is 3.50. The van der Waals surface area contributed by atoms with Gasteiger partial charge in [0.05, 0.1) is 5.92 Å². The maximum absolute atomic E-state index is 12.8. The van der Waals surface area contributed by atoms with E-state index in [1.54, 1.807) is 11.1 Å². The van der Waals surface area contributed by atoms with Crippen LogP contribution in [-0.4, -0.2) is 16.9 Å². The largest absolute Gasteiger partial charge is 0.481 e. The molecule has 0 aromatic heterocycles. The van der Waals surface area contributed by atoms with E-state index in [0.717, 1.165) is 57.8 Å². The van der Waals surface area contributed by atoms with E-state index in [1.165, 1.54) is 5.57 Å². The van der Waals surface area contributed by atoms with Gasteiger partial charge < -0.3 is 5.11 Å². The number of ketones is 1. The number of aliphatic carboxylic acids is 1. The molecular weight excluding hydrogens is 408 g/mol. The molecule has 0 aromatic carbocycles. The van der Waals surface area contributed by atoms with E-state index in [4.69, 9.17) is 0 Å². The Kier molecular flexibility index (Phi) is 6.07. The topological polar surface area (TPSA) is 54.4 Å². The molecule has 0 spiro atoms. The molecule has 0 heterocycles. The van der Waals surface area contributed by atoms with Crippen molar-refractivity contribution in [2.24, 2.45) is 39.4 Å². The normalized spacial score (nSPS) is 40.5. The highest BCUT2D eigenvalue weighted by Gasteiger charge is 2.64. The number of hydrogen-bond donors (Lipinski definition) is 1. The summed E-state index contributed by atoms with van der Waals surface area (Å²) in [5.74, 6) is 0.270. The lowest BCUT2D eigenvalue weighted by Gasteiger charge is -2.60. The molecule has 0 aromatic rings. The Labute approximate surface area is 201 Å². The SMILES string of the molecule is CC(C)=CCC[C@H](C(=O)O)C1CC[C@]2(C)C3=C(CC[C@@]12C)[C@@]1(C)CCC(=O)C(C)(C)[C@H]1CC3. The summed E-state index contributed by atoms with van der Waals surface area (Å²) in [6.45, 7) is 15.9. The second-order valence-electron chi connectivity index (χ2n) is 13.3. The fraction of sp³-hybridized carbons (Fsp3) is 0.800. The number of rotatable bonds is 5. The Morgan fingerprint density at radius 1 is 1.00 bits per heavy atom. The van der Waals surface area contributed by atoms with Crippen LogP contribution in [0.15, 0.2) is 22.8 Å². The van der Waals surface area contributed by atoms with Gasteiger partial charge >= 0.3 is 5.97 Å². The summed E-state index contributed by atoms with van der Waals surface area (Å²) in [5.41, 5.74) is 4.63. The maximum atomic E-state index is 12.8. The minimum atomic E-state index is -0.601. The molecule has 1 N–H and O–H groups in total. The van der Waals surface area contributed by atoms with Crippen molar-refractivity contribution in [3.8, 4) is 0 Å². The lowest BCUT2D eigenvalue weighted by atomic mass is 9.43. The number of hydrogen-bond acceptors (Lipinski definition) is 2. The van der Waals surface area contributed by atoms with Gasteiger partial charge in [0.25, 0.3) is 0 Å². The number of carboxylic acids is 1. The lowest BCUT2D eigenvalue weighted by Crippen LogP contribution is -2.54. The first-order chi connectivity index (χ1) is 15.3. The molecule has 6 atom stereocenters. The van der Waals surface area contributed by atoms with Gasteiger partial charge in [0.2, 0.25) is 0 Å². The summed E-state index contributed by atoms with van der Waals surface area (Å²) < 4.78 is 0. The van der Waals surface area contributed by atoms with Crippen LogP contribution in [0.5, 0.6) is 0 Å². The van der Waals surface area contributed by atoms with Crippen molar-refractivity contribution in [3.63, 3.8) is 0 Å². The van der Waals surface area contributed by atoms with E-state index in [9.17, 15) is 14.7 Å². The molecule has 2 fully saturated rings. The van der Waals surface area contributed by atoms with Gasteiger partial charge in [-0.3, -0.25) is 9.59 Å². The zero-order chi connectivity index (χ0) is 24.4. The molecule has 4 aliphatic carbocycles. The Morgan fingerprint density at radius 2 is 1.70 bits per heavy atom. The molecule has 4 aliphatic rings. The molecule has 0 saturated heterocycles. The average molecular weight is 455 g/mol. The van der Waals surface area contributed by atoms with Gasteiger partial charge in [0, 0.05) is 11.8 Å². The lowest BCUT2D eigenvalue weighted by molar-refractivity contribution is -0.146. The van der Waals surface area contributed by atoms with Crippen LogP contribution in [0, 0.1) is 39.4 Å². The summed E-state index contributed by atoms with van der Waals surface area (Å²) in [4.78, 5) is 25.2. The van der Waals surface area contributed by atoms with Crippen molar-refractivity contribution in [2.75, 3.05) is 0 Å². The number of carboxylic acid groups (broad SMARTS) is 1. The number of Topliss-reactive ketones (excluding diaryl/α,β-unsaturated/α-hetero) is 1. The van der Waals surface area contributed by atoms with Crippen LogP contribution >= 0.6 is 0 Å². The predicted octanol–water partition coefficient (Wildman–Crippen LogP) is 7.75. The van der Waals surface area contributed by atoms with Crippen LogP contribution in [0.4, 0.5) is 0 Å². The van der Waals surface area contributed by atoms with E-state index in [-0.39, 0.29) is 33.5 Å². The van der Waals surface area contributed by atoms with Gasteiger partial charge in [-0.2, -0.15) is 0 Å². The first-order valence-electron chi connectivity index (χ1n) is 13.4. The number of carbonyl (C=O) groups excluding carboxylic acids is 1. The van der Waals surface area contributed by atoms with Gasteiger partial charge in [-0.05, 0) is 99.7 Å². The first kappa shape index (κ1) is 24.7. The highest BCUT2D eigenvalue weighted by Crippen LogP contribution is 2.72. The summed E-state index contributed by atoms with van der Waals surface area (Å²) in [6, 6.07) is 0. The van der Waals surface area contributed by atoms with Crippen LogP contribution in [0.2, 0.25) is 0 Å².